The largest absolute Gasteiger partial charge is 0.317 e. The van der Waals surface area contributed by atoms with Gasteiger partial charge in [0, 0.05) is 24.2 Å². The van der Waals surface area contributed by atoms with Crippen molar-refractivity contribution in [1.82, 2.24) is 24.6 Å². The van der Waals surface area contributed by atoms with E-state index < -0.39 is 0 Å². The van der Waals surface area contributed by atoms with Gasteiger partial charge in [0.2, 0.25) is 5.65 Å². The van der Waals surface area contributed by atoms with E-state index in [0.29, 0.717) is 35.4 Å². The smallest absolute Gasteiger partial charge is 0.294 e. The third kappa shape index (κ3) is 2.94. The standard InChI is InChI=1S/C24H21N7O2/c1-13-8-19-18(27-23(32)22-29-28-21(31(19)22)15-4-2-3-5-15)10-17(13)24(33)30-7-6-16-9-14(11-25)12-26-20(16)30/h8-10,12,15H,2-7H2,1H3,(H,27,32). The molecule has 33 heavy (non-hydrogen) atoms. The molecule has 1 aromatic carbocycles. The van der Waals surface area contributed by atoms with E-state index in [1.807, 2.05) is 17.4 Å². The molecule has 6 rings (SSSR count). The lowest BCUT2D eigenvalue weighted by atomic mass is 10.0. The molecule has 0 atom stereocenters. The fraction of sp³-hybridized carbons (Fsp3) is 0.333. The van der Waals surface area contributed by atoms with Gasteiger partial charge in [-0.15, -0.1) is 10.2 Å². The molecule has 4 aromatic rings. The van der Waals surface area contributed by atoms with Crippen LogP contribution < -0.4 is 10.5 Å². The van der Waals surface area contributed by atoms with E-state index in [9.17, 15) is 9.59 Å². The summed E-state index contributed by atoms with van der Waals surface area (Å²) in [5.74, 6) is 1.52. The van der Waals surface area contributed by atoms with Gasteiger partial charge in [0.25, 0.3) is 11.5 Å². The Morgan fingerprint density at radius 1 is 1.21 bits per heavy atom. The Morgan fingerprint density at radius 3 is 2.82 bits per heavy atom. The van der Waals surface area contributed by atoms with Crippen molar-refractivity contribution < 1.29 is 4.79 Å². The highest BCUT2D eigenvalue weighted by atomic mass is 16.2. The number of rotatable bonds is 2. The number of carbonyl (C=O) groups is 1. The van der Waals surface area contributed by atoms with Crippen molar-refractivity contribution in [1.29, 1.82) is 5.26 Å². The lowest BCUT2D eigenvalue weighted by Crippen LogP contribution is -2.30. The first-order valence-electron chi connectivity index (χ1n) is 11.2. The van der Waals surface area contributed by atoms with Crippen LogP contribution in [0, 0.1) is 18.3 Å². The zero-order valence-electron chi connectivity index (χ0n) is 18.1. The number of H-pyrrole nitrogens is 1. The number of amides is 1. The number of pyridine rings is 1. The zero-order chi connectivity index (χ0) is 22.7. The topological polar surface area (TPSA) is 120 Å². The highest BCUT2D eigenvalue weighted by Crippen LogP contribution is 2.34. The number of nitrogens with zero attached hydrogens (tertiary/aromatic N) is 6. The van der Waals surface area contributed by atoms with Gasteiger partial charge in [0.1, 0.15) is 17.7 Å². The number of anilines is 1. The van der Waals surface area contributed by atoms with Gasteiger partial charge in [-0.05, 0) is 55.5 Å². The summed E-state index contributed by atoms with van der Waals surface area (Å²) in [7, 11) is 0. The molecule has 4 heterocycles. The third-order valence-corrected chi connectivity index (χ3v) is 6.85. The first kappa shape index (κ1) is 19.6. The summed E-state index contributed by atoms with van der Waals surface area (Å²) in [4.78, 5) is 35.1. The summed E-state index contributed by atoms with van der Waals surface area (Å²) in [6.07, 6.45) is 6.53. The number of nitriles is 1. The molecule has 0 spiro atoms. The molecule has 1 fully saturated rings. The molecule has 9 heteroatoms. The Bertz CT molecular complexity index is 1550. The Hall–Kier alpha value is -4.06. The van der Waals surface area contributed by atoms with Crippen molar-refractivity contribution in [2.24, 2.45) is 0 Å². The molecule has 1 aliphatic heterocycles. The maximum atomic E-state index is 13.5. The van der Waals surface area contributed by atoms with E-state index >= 15 is 0 Å². The number of fused-ring (bicyclic) bond motifs is 4. The Kier molecular flexibility index (Phi) is 4.30. The maximum absolute atomic E-state index is 13.5. The van der Waals surface area contributed by atoms with E-state index in [0.717, 1.165) is 48.2 Å². The Balaban J connectivity index is 1.48. The van der Waals surface area contributed by atoms with Gasteiger partial charge in [-0.2, -0.15) is 5.26 Å². The molecule has 2 aliphatic rings. The summed E-state index contributed by atoms with van der Waals surface area (Å²) < 4.78 is 1.86. The third-order valence-electron chi connectivity index (χ3n) is 6.85. The molecule has 1 amide bonds. The average Bonchev–Trinajstić information content (AvgIpc) is 3.57. The van der Waals surface area contributed by atoms with Crippen LogP contribution in [-0.2, 0) is 6.42 Å². The highest BCUT2D eigenvalue weighted by molar-refractivity contribution is 6.09. The zero-order valence-corrected chi connectivity index (χ0v) is 18.1. The SMILES string of the molecule is Cc1cc2c(cc1C(=O)N1CCc3cc(C#N)cnc31)[nH]c(=O)c1nnc(C3CCCC3)n12. The van der Waals surface area contributed by atoms with Crippen LogP contribution in [0.5, 0.6) is 0 Å². The van der Waals surface area contributed by atoms with Crippen molar-refractivity contribution in [2.45, 2.75) is 44.9 Å². The number of hydrogen-bond donors (Lipinski definition) is 1. The van der Waals surface area contributed by atoms with Crippen molar-refractivity contribution in [3.8, 4) is 6.07 Å². The minimum absolute atomic E-state index is 0.175. The van der Waals surface area contributed by atoms with Crippen molar-refractivity contribution in [3.05, 3.63) is 62.8 Å². The quantitative estimate of drug-likeness (QED) is 0.513. The maximum Gasteiger partial charge on any atom is 0.294 e. The van der Waals surface area contributed by atoms with Crippen LogP contribution in [0.15, 0.2) is 29.2 Å². The molecule has 1 N–H and O–H groups in total. The summed E-state index contributed by atoms with van der Waals surface area (Å²) >= 11 is 0. The first-order valence-corrected chi connectivity index (χ1v) is 11.2. The minimum atomic E-state index is -0.321. The van der Waals surface area contributed by atoms with Gasteiger partial charge in [-0.25, -0.2) is 4.98 Å². The van der Waals surface area contributed by atoms with Gasteiger partial charge in [0.05, 0.1) is 16.6 Å². The van der Waals surface area contributed by atoms with Crippen molar-refractivity contribution >= 4 is 28.4 Å². The molecule has 1 aliphatic carbocycles. The van der Waals surface area contributed by atoms with Gasteiger partial charge >= 0.3 is 0 Å². The first-order chi connectivity index (χ1) is 16.0. The molecule has 0 unspecified atom stereocenters. The molecule has 0 saturated heterocycles. The summed E-state index contributed by atoms with van der Waals surface area (Å²) in [5, 5.41) is 17.6. The normalized spacial score (nSPS) is 15.9. The van der Waals surface area contributed by atoms with Crippen LogP contribution in [-0.4, -0.2) is 37.0 Å². The monoisotopic (exact) mass is 439 g/mol. The minimum Gasteiger partial charge on any atom is -0.317 e. The van der Waals surface area contributed by atoms with Crippen LogP contribution in [0.1, 0.15) is 64.5 Å². The number of aromatic nitrogens is 5. The van der Waals surface area contributed by atoms with Crippen molar-refractivity contribution in [2.75, 3.05) is 11.4 Å². The number of carbonyl (C=O) groups excluding carboxylic acids is 1. The molecule has 1 saturated carbocycles. The second-order valence-electron chi connectivity index (χ2n) is 8.86. The predicted octanol–water partition coefficient (Wildman–Crippen LogP) is 3.01. The van der Waals surface area contributed by atoms with Crippen LogP contribution in [0.3, 0.4) is 0 Å². The predicted molar refractivity (Wildman–Crippen MR) is 121 cm³/mol. The lowest BCUT2D eigenvalue weighted by Gasteiger charge is -2.18. The van der Waals surface area contributed by atoms with Crippen LogP contribution in [0.4, 0.5) is 5.82 Å². The number of nitrogens with one attached hydrogen (secondary N) is 1. The van der Waals surface area contributed by atoms with Crippen molar-refractivity contribution in [3.63, 3.8) is 0 Å². The Morgan fingerprint density at radius 2 is 2.03 bits per heavy atom. The number of aryl methyl sites for hydroxylation is 1. The van der Waals surface area contributed by atoms with Crippen LogP contribution in [0.25, 0.3) is 16.7 Å². The molecule has 3 aromatic heterocycles. The van der Waals surface area contributed by atoms with E-state index in [4.69, 9.17) is 5.26 Å². The number of hydrogen-bond acceptors (Lipinski definition) is 6. The second kappa shape index (κ2) is 7.24. The summed E-state index contributed by atoms with van der Waals surface area (Å²) in [6, 6.07) is 7.55. The highest BCUT2D eigenvalue weighted by Gasteiger charge is 2.29. The average molecular weight is 439 g/mol. The van der Waals surface area contributed by atoms with Gasteiger partial charge in [-0.1, -0.05) is 12.8 Å². The molecule has 0 bridgehead atoms. The van der Waals surface area contributed by atoms with Gasteiger partial charge in [-0.3, -0.25) is 18.9 Å². The molecular weight excluding hydrogens is 418 g/mol. The molecule has 164 valence electrons. The van der Waals surface area contributed by atoms with E-state index in [1.165, 1.54) is 6.20 Å². The van der Waals surface area contributed by atoms with Gasteiger partial charge < -0.3 is 4.98 Å². The summed E-state index contributed by atoms with van der Waals surface area (Å²) in [6.45, 7) is 2.40. The number of benzene rings is 1. The fourth-order valence-corrected chi connectivity index (χ4v) is 5.19. The van der Waals surface area contributed by atoms with E-state index in [1.54, 1.807) is 17.0 Å². The van der Waals surface area contributed by atoms with Crippen LogP contribution in [0.2, 0.25) is 0 Å². The molecule has 0 radical (unpaired) electrons. The van der Waals surface area contributed by atoms with E-state index in [-0.39, 0.29) is 23.0 Å². The van der Waals surface area contributed by atoms with Crippen LogP contribution >= 0.6 is 0 Å². The molecule has 9 nitrogen and oxygen atoms in total. The lowest BCUT2D eigenvalue weighted by molar-refractivity contribution is 0.0988. The van der Waals surface area contributed by atoms with Gasteiger partial charge in [0.15, 0.2) is 0 Å². The Labute approximate surface area is 188 Å². The van der Waals surface area contributed by atoms with E-state index in [2.05, 4.69) is 26.2 Å². The second-order valence-corrected chi connectivity index (χ2v) is 8.86. The fourth-order valence-electron chi connectivity index (χ4n) is 5.19. The summed E-state index contributed by atoms with van der Waals surface area (Å²) in [5.41, 5.74) is 4.02. The number of aromatic amines is 1. The molecular formula is C24H21N7O2.